The minimum atomic E-state index is -1.21. The van der Waals surface area contributed by atoms with Gasteiger partial charge in [-0.2, -0.15) is 12.6 Å². The van der Waals surface area contributed by atoms with Gasteiger partial charge in [-0.1, -0.05) is 30.3 Å². The third-order valence-corrected chi connectivity index (χ3v) is 6.03. The first kappa shape index (κ1) is 27.6. The van der Waals surface area contributed by atoms with Gasteiger partial charge in [0.15, 0.2) is 0 Å². The Hall–Kier alpha value is -2.63. The lowest BCUT2D eigenvalue weighted by Crippen LogP contribution is -2.57. The van der Waals surface area contributed by atoms with Crippen LogP contribution in [0.4, 0.5) is 0 Å². The van der Waals surface area contributed by atoms with Crippen molar-refractivity contribution in [2.75, 3.05) is 18.8 Å². The maximum Gasteiger partial charge on any atom is 0.327 e. The largest absolute Gasteiger partial charge is 0.480 e. The van der Waals surface area contributed by atoms with Crippen LogP contribution < -0.4 is 27.0 Å². The van der Waals surface area contributed by atoms with E-state index in [9.17, 15) is 24.3 Å². The van der Waals surface area contributed by atoms with Crippen LogP contribution in [0.1, 0.15) is 37.7 Å². The number of thiol groups is 1. The molecule has 1 aromatic rings. The van der Waals surface area contributed by atoms with Gasteiger partial charge in [0.1, 0.15) is 18.1 Å². The van der Waals surface area contributed by atoms with Gasteiger partial charge in [-0.3, -0.25) is 14.4 Å². The Morgan fingerprint density at radius 2 is 1.71 bits per heavy atom. The second-order valence-corrected chi connectivity index (χ2v) is 8.69. The normalized spacial score (nSPS) is 17.9. The van der Waals surface area contributed by atoms with Gasteiger partial charge in [0.05, 0.1) is 6.04 Å². The van der Waals surface area contributed by atoms with Gasteiger partial charge in [-0.25, -0.2) is 4.79 Å². The number of aliphatic carboxylic acids is 1. The molecule has 1 aromatic carbocycles. The summed E-state index contributed by atoms with van der Waals surface area (Å²) >= 11 is 3.97. The van der Waals surface area contributed by atoms with E-state index in [0.29, 0.717) is 25.8 Å². The smallest absolute Gasteiger partial charge is 0.327 e. The van der Waals surface area contributed by atoms with Crippen molar-refractivity contribution >= 4 is 36.3 Å². The maximum atomic E-state index is 13.3. The number of carbonyl (C=O) groups excluding carboxylic acids is 3. The molecule has 10 nitrogen and oxygen atoms in total. The molecule has 1 heterocycles. The molecule has 0 bridgehead atoms. The predicted molar refractivity (Wildman–Crippen MR) is 131 cm³/mol. The van der Waals surface area contributed by atoms with Crippen LogP contribution in [0.15, 0.2) is 30.3 Å². The van der Waals surface area contributed by atoms with Gasteiger partial charge in [-0.05, 0) is 50.8 Å². The van der Waals surface area contributed by atoms with Crippen molar-refractivity contribution in [2.45, 2.75) is 62.7 Å². The van der Waals surface area contributed by atoms with Crippen molar-refractivity contribution < 1.29 is 24.3 Å². The highest BCUT2D eigenvalue weighted by Gasteiger charge is 2.31. The summed E-state index contributed by atoms with van der Waals surface area (Å²) in [6.45, 7) is 1.17. The zero-order chi connectivity index (χ0) is 24.9. The van der Waals surface area contributed by atoms with Crippen LogP contribution in [0.25, 0.3) is 0 Å². The molecule has 4 unspecified atom stereocenters. The summed E-state index contributed by atoms with van der Waals surface area (Å²) in [4.78, 5) is 50.1. The molecule has 3 amide bonds. The number of carboxylic acids is 1. The minimum absolute atomic E-state index is 0.0916. The number of nitrogens with two attached hydrogens (primary N) is 1. The molecule has 4 atom stereocenters. The number of unbranched alkanes of at least 4 members (excludes halogenated alkanes) is 1. The van der Waals surface area contributed by atoms with E-state index in [1.165, 1.54) is 0 Å². The van der Waals surface area contributed by atoms with Crippen molar-refractivity contribution in [3.05, 3.63) is 35.9 Å². The molecule has 1 fully saturated rings. The molecule has 1 saturated heterocycles. The maximum absolute atomic E-state index is 13.3. The summed E-state index contributed by atoms with van der Waals surface area (Å²) in [5, 5.41) is 20.3. The zero-order valence-electron chi connectivity index (χ0n) is 19.2. The Balaban J connectivity index is 2.15. The highest BCUT2D eigenvalue weighted by atomic mass is 32.1. The van der Waals surface area contributed by atoms with Crippen LogP contribution in [-0.4, -0.2) is 71.8 Å². The number of nitrogens with one attached hydrogen (secondary N) is 4. The average Bonchev–Trinajstić information content (AvgIpc) is 3.37. The summed E-state index contributed by atoms with van der Waals surface area (Å²) < 4.78 is 0. The molecule has 188 valence electrons. The second kappa shape index (κ2) is 14.6. The first-order chi connectivity index (χ1) is 16.3. The van der Waals surface area contributed by atoms with Gasteiger partial charge in [0, 0.05) is 12.2 Å². The first-order valence-corrected chi connectivity index (χ1v) is 12.2. The van der Waals surface area contributed by atoms with E-state index in [2.05, 4.69) is 33.9 Å². The number of carbonyl (C=O) groups is 4. The van der Waals surface area contributed by atoms with E-state index in [0.717, 1.165) is 18.5 Å². The van der Waals surface area contributed by atoms with Gasteiger partial charge < -0.3 is 32.1 Å². The van der Waals surface area contributed by atoms with E-state index in [-0.39, 0.29) is 30.5 Å². The van der Waals surface area contributed by atoms with Gasteiger partial charge in [0.2, 0.25) is 17.7 Å². The molecule has 0 aliphatic carbocycles. The van der Waals surface area contributed by atoms with E-state index in [1.54, 1.807) is 0 Å². The number of amides is 3. The van der Waals surface area contributed by atoms with E-state index < -0.39 is 35.9 Å². The molecule has 0 aromatic heterocycles. The Labute approximate surface area is 205 Å². The lowest BCUT2D eigenvalue weighted by molar-refractivity contribution is -0.141. The second-order valence-electron chi connectivity index (χ2n) is 8.33. The third kappa shape index (κ3) is 8.96. The average molecular weight is 494 g/mol. The monoisotopic (exact) mass is 493 g/mol. The molecule has 0 radical (unpaired) electrons. The summed E-state index contributed by atoms with van der Waals surface area (Å²) in [6.07, 6.45) is 3.31. The molecule has 0 saturated carbocycles. The van der Waals surface area contributed by atoms with E-state index in [1.807, 2.05) is 30.3 Å². The summed E-state index contributed by atoms with van der Waals surface area (Å²) in [5.74, 6) is -2.70. The molecule has 7 N–H and O–H groups in total. The van der Waals surface area contributed by atoms with Gasteiger partial charge in [-0.15, -0.1) is 0 Å². The predicted octanol–water partition coefficient (Wildman–Crippen LogP) is -0.421. The molecule has 1 aliphatic rings. The molecule has 1 aliphatic heterocycles. The number of benzene rings is 1. The number of carboxylic acid groups (broad SMARTS) is 1. The van der Waals surface area contributed by atoms with Crippen LogP contribution in [0.2, 0.25) is 0 Å². The Kier molecular flexibility index (Phi) is 11.9. The zero-order valence-corrected chi connectivity index (χ0v) is 20.1. The standard InChI is InChI=1S/C23H35N5O5S/c24-11-5-4-9-17(21(30)28-19(14-34)23(32)33)26-22(31)18(13-15-7-2-1-3-8-15)27-20(29)16-10-6-12-25-16/h1-3,7-8,16-19,25,34H,4-6,9-14,24H2,(H,26,31)(H,27,29)(H,28,30)(H,32,33). The van der Waals surface area contributed by atoms with E-state index >= 15 is 0 Å². The van der Waals surface area contributed by atoms with Crippen molar-refractivity contribution in [3.8, 4) is 0 Å². The molecule has 0 spiro atoms. The Bertz CT molecular complexity index is 819. The molecule has 2 rings (SSSR count). The van der Waals surface area contributed by atoms with Crippen LogP contribution in [0.3, 0.4) is 0 Å². The molecule has 11 heteroatoms. The number of rotatable bonds is 14. The number of hydrogen-bond acceptors (Lipinski definition) is 7. The summed E-state index contributed by atoms with van der Waals surface area (Å²) in [7, 11) is 0. The molecule has 34 heavy (non-hydrogen) atoms. The fourth-order valence-electron chi connectivity index (χ4n) is 3.73. The number of hydrogen-bond donors (Lipinski definition) is 7. The van der Waals surface area contributed by atoms with Crippen LogP contribution >= 0.6 is 12.6 Å². The highest BCUT2D eigenvalue weighted by molar-refractivity contribution is 7.80. The van der Waals surface area contributed by atoms with Gasteiger partial charge in [0.25, 0.3) is 0 Å². The van der Waals surface area contributed by atoms with Gasteiger partial charge >= 0.3 is 5.97 Å². The first-order valence-electron chi connectivity index (χ1n) is 11.6. The molecular weight excluding hydrogens is 458 g/mol. The summed E-state index contributed by atoms with van der Waals surface area (Å²) in [6, 6.07) is 5.85. The fraction of sp³-hybridized carbons (Fsp3) is 0.565. The highest BCUT2D eigenvalue weighted by Crippen LogP contribution is 2.09. The van der Waals surface area contributed by atoms with Crippen molar-refractivity contribution in [1.82, 2.24) is 21.3 Å². The SMILES string of the molecule is NCCCCC(NC(=O)C(Cc1ccccc1)NC(=O)C1CCCN1)C(=O)NC(CS)C(=O)O. The Morgan fingerprint density at radius 1 is 1.03 bits per heavy atom. The van der Waals surface area contributed by atoms with Crippen molar-refractivity contribution in [3.63, 3.8) is 0 Å². The van der Waals surface area contributed by atoms with E-state index in [4.69, 9.17) is 5.73 Å². The summed E-state index contributed by atoms with van der Waals surface area (Å²) in [5.41, 5.74) is 6.41. The molecular formula is C23H35N5O5S. The van der Waals surface area contributed by atoms with Crippen LogP contribution in [-0.2, 0) is 25.6 Å². The van der Waals surface area contributed by atoms with Crippen molar-refractivity contribution in [2.24, 2.45) is 5.73 Å². The lowest BCUT2D eigenvalue weighted by atomic mass is 10.0. The van der Waals surface area contributed by atoms with Crippen molar-refractivity contribution in [1.29, 1.82) is 0 Å². The topological polar surface area (TPSA) is 163 Å². The fourth-order valence-corrected chi connectivity index (χ4v) is 3.98. The minimum Gasteiger partial charge on any atom is -0.480 e. The lowest BCUT2D eigenvalue weighted by Gasteiger charge is -2.25. The quantitative estimate of drug-likeness (QED) is 0.137. The third-order valence-electron chi connectivity index (χ3n) is 5.67. The van der Waals surface area contributed by atoms with Crippen LogP contribution in [0, 0.1) is 0 Å². The Morgan fingerprint density at radius 3 is 2.29 bits per heavy atom. The van der Waals surface area contributed by atoms with Crippen LogP contribution in [0.5, 0.6) is 0 Å².